The van der Waals surface area contributed by atoms with Crippen LogP contribution in [0.3, 0.4) is 0 Å². The molecule has 0 atom stereocenters. The molecule has 0 bridgehead atoms. The Bertz CT molecular complexity index is 718. The van der Waals surface area contributed by atoms with Gasteiger partial charge in [-0.15, -0.1) is 0 Å². The van der Waals surface area contributed by atoms with Gasteiger partial charge in [0.15, 0.2) is 11.5 Å². The summed E-state index contributed by atoms with van der Waals surface area (Å²) in [6.45, 7) is 3.76. The summed E-state index contributed by atoms with van der Waals surface area (Å²) >= 11 is 0. The van der Waals surface area contributed by atoms with Gasteiger partial charge in [-0.2, -0.15) is 5.10 Å². The molecule has 0 radical (unpaired) electrons. The number of carbonyl (C=O) groups is 1. The fourth-order valence-corrected chi connectivity index (χ4v) is 2.00. The molecule has 21 heavy (non-hydrogen) atoms. The van der Waals surface area contributed by atoms with E-state index in [0.717, 1.165) is 5.56 Å². The predicted molar refractivity (Wildman–Crippen MR) is 75.7 cm³/mol. The Morgan fingerprint density at radius 2 is 2.05 bits per heavy atom. The number of benzene rings is 1. The van der Waals surface area contributed by atoms with Gasteiger partial charge in [0.2, 0.25) is 6.79 Å². The summed E-state index contributed by atoms with van der Waals surface area (Å²) in [5.74, 6) is 1.65. The molecule has 1 aliphatic heterocycles. The molecule has 1 aromatic carbocycles. The van der Waals surface area contributed by atoms with Crippen LogP contribution >= 0.6 is 0 Å². The third-order valence-electron chi connectivity index (χ3n) is 3.22. The summed E-state index contributed by atoms with van der Waals surface area (Å²) in [4.78, 5) is 11.9. The van der Waals surface area contributed by atoms with Crippen molar-refractivity contribution in [3.8, 4) is 11.5 Å². The Balaban J connectivity index is 1.74. The van der Waals surface area contributed by atoms with Crippen molar-refractivity contribution in [3.63, 3.8) is 0 Å². The van der Waals surface area contributed by atoms with Gasteiger partial charge in [0, 0.05) is 5.56 Å². The minimum atomic E-state index is -0.304. The first-order valence-corrected chi connectivity index (χ1v) is 6.44. The fraction of sp³-hybridized carbons (Fsp3) is 0.200. The molecule has 0 saturated carbocycles. The number of nitrogens with one attached hydrogen (secondary N) is 1. The third kappa shape index (κ3) is 2.60. The molecule has 108 valence electrons. The average Bonchev–Trinajstić information content (AvgIpc) is 3.11. The number of amides is 1. The van der Waals surface area contributed by atoms with E-state index in [0.29, 0.717) is 28.5 Å². The summed E-state index contributed by atoms with van der Waals surface area (Å²) in [6.07, 6.45) is 1.47. The molecule has 0 saturated heterocycles. The molecule has 1 aliphatic rings. The van der Waals surface area contributed by atoms with Gasteiger partial charge < -0.3 is 13.9 Å². The topological polar surface area (TPSA) is 73.1 Å². The van der Waals surface area contributed by atoms with Crippen LogP contribution in [0.25, 0.3) is 0 Å². The number of furan rings is 1. The lowest BCUT2D eigenvalue weighted by Gasteiger charge is -2.03. The van der Waals surface area contributed by atoms with Gasteiger partial charge in [0.25, 0.3) is 5.91 Å². The summed E-state index contributed by atoms with van der Waals surface area (Å²) < 4.78 is 15.7. The van der Waals surface area contributed by atoms with Gasteiger partial charge in [0.1, 0.15) is 5.76 Å². The van der Waals surface area contributed by atoms with E-state index in [2.05, 4.69) is 10.5 Å². The van der Waals surface area contributed by atoms with E-state index in [1.807, 2.05) is 18.2 Å². The molecule has 0 unspecified atom stereocenters. The predicted octanol–water partition coefficient (Wildman–Crippen LogP) is 2.47. The molecule has 2 heterocycles. The number of rotatable bonds is 3. The number of aryl methyl sites for hydroxylation is 1. The van der Waals surface area contributed by atoms with Crippen LogP contribution in [0.2, 0.25) is 0 Å². The van der Waals surface area contributed by atoms with Gasteiger partial charge >= 0.3 is 0 Å². The second kappa shape index (κ2) is 5.32. The molecular formula is C15H14N2O4. The van der Waals surface area contributed by atoms with E-state index >= 15 is 0 Å². The highest BCUT2D eigenvalue weighted by Crippen LogP contribution is 2.32. The Hall–Kier alpha value is -2.76. The van der Waals surface area contributed by atoms with E-state index in [4.69, 9.17) is 13.9 Å². The second-order valence-electron chi connectivity index (χ2n) is 4.60. The molecular weight excluding hydrogens is 272 g/mol. The molecule has 1 N–H and O–H groups in total. The van der Waals surface area contributed by atoms with Crippen LogP contribution in [-0.4, -0.2) is 18.4 Å². The Morgan fingerprint density at radius 1 is 1.24 bits per heavy atom. The van der Waals surface area contributed by atoms with Crippen LogP contribution < -0.4 is 14.9 Å². The van der Waals surface area contributed by atoms with E-state index in [-0.39, 0.29) is 12.7 Å². The van der Waals surface area contributed by atoms with E-state index in [9.17, 15) is 4.79 Å². The van der Waals surface area contributed by atoms with Crippen LogP contribution in [0, 0.1) is 6.92 Å². The molecule has 1 aromatic heterocycles. The summed E-state index contributed by atoms with van der Waals surface area (Å²) in [5, 5.41) is 4.10. The number of carbonyl (C=O) groups excluding carboxylic acids is 1. The average molecular weight is 286 g/mol. The number of hydrogen-bond acceptors (Lipinski definition) is 5. The summed E-state index contributed by atoms with van der Waals surface area (Å²) in [7, 11) is 0. The van der Waals surface area contributed by atoms with Crippen molar-refractivity contribution < 1.29 is 18.7 Å². The molecule has 0 spiro atoms. The van der Waals surface area contributed by atoms with Crippen molar-refractivity contribution in [2.45, 2.75) is 13.8 Å². The standard InChI is InChI=1S/C15H14N2O4/c1-9(11-3-4-13-14(7-11)21-8-20-13)16-17-15(18)12-5-6-19-10(12)2/h3-7H,8H2,1-2H3,(H,17,18). The number of nitrogens with zero attached hydrogens (tertiary/aromatic N) is 1. The zero-order valence-electron chi connectivity index (χ0n) is 11.7. The zero-order chi connectivity index (χ0) is 14.8. The number of hydrogen-bond donors (Lipinski definition) is 1. The van der Waals surface area contributed by atoms with Crippen LogP contribution in [0.15, 0.2) is 40.0 Å². The van der Waals surface area contributed by atoms with Gasteiger partial charge in [-0.05, 0) is 38.1 Å². The lowest BCUT2D eigenvalue weighted by Crippen LogP contribution is -2.19. The smallest absolute Gasteiger partial charge is 0.274 e. The van der Waals surface area contributed by atoms with Crippen LogP contribution in [0.1, 0.15) is 28.6 Å². The van der Waals surface area contributed by atoms with Crippen molar-refractivity contribution in [2.24, 2.45) is 5.10 Å². The van der Waals surface area contributed by atoms with Crippen LogP contribution in [0.5, 0.6) is 11.5 Å². The highest BCUT2D eigenvalue weighted by molar-refractivity contribution is 6.01. The SMILES string of the molecule is CC(=NNC(=O)c1ccoc1C)c1ccc2c(c1)OCO2. The minimum Gasteiger partial charge on any atom is -0.469 e. The van der Waals surface area contributed by atoms with E-state index in [1.165, 1.54) is 6.26 Å². The fourth-order valence-electron chi connectivity index (χ4n) is 2.00. The summed E-state index contributed by atoms with van der Waals surface area (Å²) in [6, 6.07) is 7.12. The first-order chi connectivity index (χ1) is 10.1. The van der Waals surface area contributed by atoms with Crippen LogP contribution in [-0.2, 0) is 0 Å². The minimum absolute atomic E-state index is 0.228. The number of ether oxygens (including phenoxy) is 2. The molecule has 6 nitrogen and oxygen atoms in total. The highest BCUT2D eigenvalue weighted by atomic mass is 16.7. The number of fused-ring (bicyclic) bond motifs is 1. The van der Waals surface area contributed by atoms with Crippen molar-refractivity contribution in [1.29, 1.82) is 0 Å². The Morgan fingerprint density at radius 3 is 2.81 bits per heavy atom. The molecule has 0 aliphatic carbocycles. The van der Waals surface area contributed by atoms with Crippen molar-refractivity contribution in [3.05, 3.63) is 47.4 Å². The van der Waals surface area contributed by atoms with Gasteiger partial charge in [-0.1, -0.05) is 0 Å². The highest BCUT2D eigenvalue weighted by Gasteiger charge is 2.14. The Kier molecular flexibility index (Phi) is 3.35. The molecule has 2 aromatic rings. The lowest BCUT2D eigenvalue weighted by molar-refractivity contribution is 0.0953. The Labute approximate surface area is 121 Å². The normalized spacial score (nSPS) is 13.3. The third-order valence-corrected chi connectivity index (χ3v) is 3.22. The van der Waals surface area contributed by atoms with Gasteiger partial charge in [-0.3, -0.25) is 4.79 Å². The van der Waals surface area contributed by atoms with Gasteiger partial charge in [-0.25, -0.2) is 5.43 Å². The van der Waals surface area contributed by atoms with Crippen molar-refractivity contribution >= 4 is 11.6 Å². The molecule has 3 rings (SSSR count). The van der Waals surface area contributed by atoms with Crippen LogP contribution in [0.4, 0.5) is 0 Å². The summed E-state index contributed by atoms with van der Waals surface area (Å²) in [5.41, 5.74) is 4.50. The quantitative estimate of drug-likeness (QED) is 0.695. The lowest BCUT2D eigenvalue weighted by atomic mass is 10.1. The first-order valence-electron chi connectivity index (χ1n) is 6.44. The molecule has 6 heteroatoms. The van der Waals surface area contributed by atoms with E-state index in [1.54, 1.807) is 19.9 Å². The van der Waals surface area contributed by atoms with E-state index < -0.39 is 0 Å². The largest absolute Gasteiger partial charge is 0.469 e. The van der Waals surface area contributed by atoms with Crippen molar-refractivity contribution in [1.82, 2.24) is 5.43 Å². The second-order valence-corrected chi connectivity index (χ2v) is 4.60. The van der Waals surface area contributed by atoms with Gasteiger partial charge in [0.05, 0.1) is 17.5 Å². The monoisotopic (exact) mass is 286 g/mol. The first kappa shape index (κ1) is 13.2. The zero-order valence-corrected chi connectivity index (χ0v) is 11.7. The molecule has 0 fully saturated rings. The maximum Gasteiger partial charge on any atom is 0.274 e. The molecule has 1 amide bonds. The maximum absolute atomic E-state index is 11.9. The number of hydrazone groups is 1. The maximum atomic E-state index is 11.9. The van der Waals surface area contributed by atoms with Crippen molar-refractivity contribution in [2.75, 3.05) is 6.79 Å².